The molecule has 1 aliphatic heterocycles. The van der Waals surface area contributed by atoms with Crippen molar-refractivity contribution in [2.75, 3.05) is 32.8 Å². The molecule has 142 valence electrons. The molecule has 0 radical (unpaired) electrons. The van der Waals surface area contributed by atoms with E-state index in [9.17, 15) is 14.9 Å². The molecule has 8 heteroatoms. The van der Waals surface area contributed by atoms with Crippen molar-refractivity contribution in [3.8, 4) is 0 Å². The lowest BCUT2D eigenvalue weighted by molar-refractivity contribution is -0.402. The lowest BCUT2D eigenvalue weighted by Gasteiger charge is -2.30. The summed E-state index contributed by atoms with van der Waals surface area (Å²) in [4.78, 5) is 24.6. The van der Waals surface area contributed by atoms with E-state index in [-0.39, 0.29) is 23.6 Å². The van der Waals surface area contributed by atoms with E-state index in [4.69, 9.17) is 9.15 Å². The van der Waals surface area contributed by atoms with Gasteiger partial charge in [-0.05, 0) is 17.7 Å². The van der Waals surface area contributed by atoms with E-state index in [0.717, 1.165) is 18.7 Å². The molecule has 27 heavy (non-hydrogen) atoms. The second kappa shape index (κ2) is 9.11. The fourth-order valence-corrected chi connectivity index (χ4v) is 2.87. The highest BCUT2D eigenvalue weighted by molar-refractivity contribution is 5.91. The van der Waals surface area contributed by atoms with E-state index in [1.165, 1.54) is 24.3 Å². The van der Waals surface area contributed by atoms with E-state index in [0.29, 0.717) is 19.8 Å². The van der Waals surface area contributed by atoms with Gasteiger partial charge < -0.3 is 14.5 Å². The molecule has 2 heterocycles. The Balaban J connectivity index is 1.65. The van der Waals surface area contributed by atoms with Gasteiger partial charge in [-0.15, -0.1) is 0 Å². The first-order valence-electron chi connectivity index (χ1n) is 8.69. The molecule has 8 nitrogen and oxygen atoms in total. The van der Waals surface area contributed by atoms with Crippen LogP contribution in [0.25, 0.3) is 6.08 Å². The summed E-state index contributed by atoms with van der Waals surface area (Å²) in [5, 5.41) is 13.6. The molecule has 1 atom stereocenters. The molecule has 0 bridgehead atoms. The number of benzene rings is 1. The monoisotopic (exact) mass is 371 g/mol. The summed E-state index contributed by atoms with van der Waals surface area (Å²) in [6.45, 7) is 3.70. The third-order valence-corrected chi connectivity index (χ3v) is 4.25. The average molecular weight is 371 g/mol. The van der Waals surface area contributed by atoms with Gasteiger partial charge >= 0.3 is 5.88 Å². The van der Waals surface area contributed by atoms with E-state index < -0.39 is 4.92 Å². The number of rotatable bonds is 7. The summed E-state index contributed by atoms with van der Waals surface area (Å²) < 4.78 is 10.4. The summed E-state index contributed by atoms with van der Waals surface area (Å²) >= 11 is 0. The zero-order chi connectivity index (χ0) is 19.1. The average Bonchev–Trinajstić information content (AvgIpc) is 3.17. The van der Waals surface area contributed by atoms with Crippen LogP contribution in [-0.2, 0) is 9.53 Å². The van der Waals surface area contributed by atoms with Crippen molar-refractivity contribution in [2.24, 2.45) is 0 Å². The Labute approximate surface area is 156 Å². The molecular formula is C19H21N3O5. The number of furan rings is 1. The second-order valence-corrected chi connectivity index (χ2v) is 6.15. The van der Waals surface area contributed by atoms with Crippen LogP contribution in [0.2, 0.25) is 0 Å². The standard InChI is InChI=1S/C19H21N3O5/c23-18(8-6-16-7-9-19(27-16)22(24)25)20-17(15-4-2-1-3-5-15)14-21-10-12-26-13-11-21/h1-9,17H,10-14H2,(H,20,23)/b8-6+/t17-/m0/s1. The van der Waals surface area contributed by atoms with E-state index in [1.54, 1.807) is 0 Å². The molecule has 0 unspecified atom stereocenters. The molecule has 2 aromatic rings. The molecular weight excluding hydrogens is 350 g/mol. The Morgan fingerprint density at radius 1 is 1.22 bits per heavy atom. The topological polar surface area (TPSA) is 97.8 Å². The number of hydrogen-bond donors (Lipinski definition) is 1. The number of carbonyl (C=O) groups excluding carboxylic acids is 1. The van der Waals surface area contributed by atoms with Gasteiger partial charge in [-0.25, -0.2) is 0 Å². The third-order valence-electron chi connectivity index (χ3n) is 4.25. The Morgan fingerprint density at radius 3 is 2.63 bits per heavy atom. The highest BCUT2D eigenvalue weighted by atomic mass is 16.6. The smallest absolute Gasteiger partial charge is 0.401 e. The summed E-state index contributed by atoms with van der Waals surface area (Å²) in [7, 11) is 0. The lowest BCUT2D eigenvalue weighted by atomic mass is 10.1. The minimum Gasteiger partial charge on any atom is -0.401 e. The van der Waals surface area contributed by atoms with Gasteiger partial charge in [0.1, 0.15) is 10.7 Å². The summed E-state index contributed by atoms with van der Waals surface area (Å²) in [6, 6.07) is 12.3. The minimum atomic E-state index is -0.620. The van der Waals surface area contributed by atoms with Crippen LogP contribution in [0.3, 0.4) is 0 Å². The maximum absolute atomic E-state index is 12.4. The normalized spacial score (nSPS) is 16.3. The quantitative estimate of drug-likeness (QED) is 0.456. The number of hydrogen-bond acceptors (Lipinski definition) is 6. The van der Waals surface area contributed by atoms with E-state index in [2.05, 4.69) is 10.2 Å². The number of ether oxygens (including phenoxy) is 1. The summed E-state index contributed by atoms with van der Waals surface area (Å²) in [5.74, 6) is -0.401. The molecule has 1 aromatic heterocycles. The molecule has 1 fully saturated rings. The van der Waals surface area contributed by atoms with Crippen molar-refractivity contribution >= 4 is 17.9 Å². The van der Waals surface area contributed by atoms with Gasteiger partial charge in [0.25, 0.3) is 0 Å². The first-order chi connectivity index (χ1) is 13.1. The van der Waals surface area contributed by atoms with Crippen molar-refractivity contribution in [2.45, 2.75) is 6.04 Å². The predicted octanol–water partition coefficient (Wildman–Crippen LogP) is 2.39. The Bertz CT molecular complexity index is 797. The summed E-state index contributed by atoms with van der Waals surface area (Å²) in [5.41, 5.74) is 1.01. The molecule has 3 rings (SSSR count). The van der Waals surface area contributed by atoms with Gasteiger partial charge in [-0.3, -0.25) is 19.8 Å². The molecule has 0 spiro atoms. The first-order valence-corrected chi connectivity index (χ1v) is 8.69. The first kappa shape index (κ1) is 18.8. The van der Waals surface area contributed by atoms with Gasteiger partial charge in [0.2, 0.25) is 5.91 Å². The van der Waals surface area contributed by atoms with Gasteiger partial charge in [0.05, 0.1) is 25.3 Å². The van der Waals surface area contributed by atoms with Crippen molar-refractivity contribution in [1.29, 1.82) is 0 Å². The fourth-order valence-electron chi connectivity index (χ4n) is 2.87. The maximum atomic E-state index is 12.4. The molecule has 1 N–H and O–H groups in total. The van der Waals surface area contributed by atoms with E-state index >= 15 is 0 Å². The van der Waals surface area contributed by atoms with Crippen molar-refractivity contribution < 1.29 is 18.9 Å². The van der Waals surface area contributed by atoms with Crippen LogP contribution in [0.1, 0.15) is 17.4 Å². The summed E-state index contributed by atoms with van der Waals surface area (Å²) in [6.07, 6.45) is 2.73. The van der Waals surface area contributed by atoms with Crippen molar-refractivity contribution in [3.63, 3.8) is 0 Å². The highest BCUT2D eigenvalue weighted by Crippen LogP contribution is 2.18. The molecule has 1 saturated heterocycles. The van der Waals surface area contributed by atoms with Gasteiger partial charge in [0, 0.05) is 25.7 Å². The third kappa shape index (κ3) is 5.50. The number of nitro groups is 1. The van der Waals surface area contributed by atoms with Crippen LogP contribution in [0.4, 0.5) is 5.88 Å². The molecule has 1 aliphatic rings. The SMILES string of the molecule is O=C(/C=C/c1ccc([N+](=O)[O-])o1)N[C@@H](CN1CCOCC1)c1ccccc1. The zero-order valence-electron chi connectivity index (χ0n) is 14.7. The predicted molar refractivity (Wildman–Crippen MR) is 99.0 cm³/mol. The number of nitrogens with zero attached hydrogens (tertiary/aromatic N) is 2. The Hall–Kier alpha value is -2.97. The molecule has 1 aromatic carbocycles. The number of amides is 1. The Morgan fingerprint density at radius 2 is 1.96 bits per heavy atom. The largest absolute Gasteiger partial charge is 0.433 e. The second-order valence-electron chi connectivity index (χ2n) is 6.15. The van der Waals surface area contributed by atoms with Crippen molar-refractivity contribution in [1.82, 2.24) is 10.2 Å². The number of nitrogens with one attached hydrogen (secondary N) is 1. The van der Waals surface area contributed by atoms with Crippen LogP contribution < -0.4 is 5.32 Å². The van der Waals surface area contributed by atoms with Gasteiger partial charge in [-0.1, -0.05) is 30.3 Å². The van der Waals surface area contributed by atoms with E-state index in [1.807, 2.05) is 30.3 Å². The fraction of sp³-hybridized carbons (Fsp3) is 0.316. The van der Waals surface area contributed by atoms with Crippen LogP contribution >= 0.6 is 0 Å². The van der Waals surface area contributed by atoms with Crippen LogP contribution in [0.5, 0.6) is 0 Å². The Kier molecular flexibility index (Phi) is 6.35. The number of carbonyl (C=O) groups is 1. The van der Waals surface area contributed by atoms with Crippen LogP contribution in [-0.4, -0.2) is 48.6 Å². The van der Waals surface area contributed by atoms with Crippen LogP contribution in [0, 0.1) is 10.1 Å². The van der Waals surface area contributed by atoms with Crippen LogP contribution in [0.15, 0.2) is 53.0 Å². The van der Waals surface area contributed by atoms with Gasteiger partial charge in [-0.2, -0.15) is 0 Å². The van der Waals surface area contributed by atoms with Gasteiger partial charge in [0.15, 0.2) is 0 Å². The van der Waals surface area contributed by atoms with Crippen molar-refractivity contribution in [3.05, 3.63) is 70.0 Å². The zero-order valence-corrected chi connectivity index (χ0v) is 14.7. The molecule has 0 saturated carbocycles. The lowest BCUT2D eigenvalue weighted by Crippen LogP contribution is -2.42. The molecule has 1 amide bonds. The highest BCUT2D eigenvalue weighted by Gasteiger charge is 2.19. The molecule has 0 aliphatic carbocycles. The minimum absolute atomic E-state index is 0.174. The maximum Gasteiger partial charge on any atom is 0.433 e. The number of morpholine rings is 1.